The monoisotopic (exact) mass is 454 g/mol. The van der Waals surface area contributed by atoms with Crippen molar-refractivity contribution >= 4 is 11.9 Å². The van der Waals surface area contributed by atoms with E-state index in [1.165, 1.54) is 5.56 Å². The van der Waals surface area contributed by atoms with Gasteiger partial charge in [-0.15, -0.1) is 0 Å². The highest BCUT2D eigenvalue weighted by molar-refractivity contribution is 6.07. The molecule has 2 fully saturated rings. The Labute approximate surface area is 197 Å². The van der Waals surface area contributed by atoms with E-state index in [-0.39, 0.29) is 11.9 Å². The number of amides is 1. The fourth-order valence-electron chi connectivity index (χ4n) is 5.31. The van der Waals surface area contributed by atoms with Crippen LogP contribution in [0.15, 0.2) is 41.5 Å². The van der Waals surface area contributed by atoms with Gasteiger partial charge in [-0.2, -0.15) is 0 Å². The zero-order valence-corrected chi connectivity index (χ0v) is 20.1. The number of carbonyl (C=O) groups is 2. The standard InChI is InChI=1S/C26H38N4O3/c1-3-28-16-18-29(19-17-28)13-7-12-27-24(31)23-21(2)25(32)33-26(23)10-14-30(15-11-26)20-22-8-5-4-6-9-22/h4-6,8-9H,3,7,10-20H2,1-2H3,(H,27,31). The molecule has 0 unspecified atom stereocenters. The third-order valence-corrected chi connectivity index (χ3v) is 7.41. The summed E-state index contributed by atoms with van der Waals surface area (Å²) in [6, 6.07) is 10.4. The van der Waals surface area contributed by atoms with Crippen molar-refractivity contribution in [2.24, 2.45) is 0 Å². The zero-order valence-electron chi connectivity index (χ0n) is 20.1. The minimum absolute atomic E-state index is 0.134. The first-order valence-corrected chi connectivity index (χ1v) is 12.4. The number of ether oxygens (including phenoxy) is 1. The highest BCUT2D eigenvalue weighted by Gasteiger charge is 2.50. The van der Waals surface area contributed by atoms with Crippen LogP contribution in [0.25, 0.3) is 0 Å². The van der Waals surface area contributed by atoms with Gasteiger partial charge in [-0.05, 0) is 32.0 Å². The summed E-state index contributed by atoms with van der Waals surface area (Å²) >= 11 is 0. The molecule has 1 N–H and O–H groups in total. The van der Waals surface area contributed by atoms with Crippen LogP contribution in [0.2, 0.25) is 0 Å². The van der Waals surface area contributed by atoms with E-state index in [1.54, 1.807) is 6.92 Å². The Kier molecular flexibility index (Phi) is 7.83. The predicted octanol–water partition coefficient (Wildman–Crippen LogP) is 2.04. The number of benzene rings is 1. The van der Waals surface area contributed by atoms with Gasteiger partial charge in [0, 0.05) is 70.8 Å². The molecule has 0 aromatic heterocycles. The SMILES string of the molecule is CCN1CCN(CCCNC(=O)C2=C(C)C(=O)OC23CCN(Cc2ccccc2)CC3)CC1. The van der Waals surface area contributed by atoms with Crippen LogP contribution in [0.5, 0.6) is 0 Å². The quantitative estimate of drug-likeness (QED) is 0.479. The average Bonchev–Trinajstić information content (AvgIpc) is 3.08. The van der Waals surface area contributed by atoms with Crippen LogP contribution in [0, 0.1) is 0 Å². The summed E-state index contributed by atoms with van der Waals surface area (Å²) < 4.78 is 5.84. The third kappa shape index (κ3) is 5.65. The summed E-state index contributed by atoms with van der Waals surface area (Å²) in [5.41, 5.74) is 1.54. The van der Waals surface area contributed by atoms with Crippen LogP contribution < -0.4 is 5.32 Å². The van der Waals surface area contributed by atoms with Crippen LogP contribution in [0.1, 0.15) is 38.7 Å². The maximum Gasteiger partial charge on any atom is 0.335 e. The van der Waals surface area contributed by atoms with Crippen molar-refractivity contribution < 1.29 is 14.3 Å². The van der Waals surface area contributed by atoms with Gasteiger partial charge in [0.15, 0.2) is 0 Å². The van der Waals surface area contributed by atoms with E-state index in [0.717, 1.165) is 65.3 Å². The lowest BCUT2D eigenvalue weighted by atomic mass is 9.82. The van der Waals surface area contributed by atoms with Gasteiger partial charge >= 0.3 is 5.97 Å². The van der Waals surface area contributed by atoms with Gasteiger partial charge in [0.1, 0.15) is 5.60 Å². The smallest absolute Gasteiger partial charge is 0.335 e. The van der Waals surface area contributed by atoms with Crippen LogP contribution in [-0.2, 0) is 20.9 Å². The number of hydrogen-bond acceptors (Lipinski definition) is 6. The number of nitrogens with one attached hydrogen (secondary N) is 1. The van der Waals surface area contributed by atoms with Crippen molar-refractivity contribution in [2.75, 3.05) is 58.9 Å². The largest absolute Gasteiger partial charge is 0.450 e. The molecule has 0 saturated carbocycles. The Morgan fingerprint density at radius 1 is 1.00 bits per heavy atom. The molecule has 0 atom stereocenters. The number of piperazine rings is 1. The molecule has 3 heterocycles. The van der Waals surface area contributed by atoms with Crippen LogP contribution >= 0.6 is 0 Å². The first-order valence-electron chi connectivity index (χ1n) is 12.4. The molecule has 7 nitrogen and oxygen atoms in total. The molecule has 1 amide bonds. The second-order valence-corrected chi connectivity index (χ2v) is 9.53. The van der Waals surface area contributed by atoms with Gasteiger partial charge in [0.25, 0.3) is 5.91 Å². The highest BCUT2D eigenvalue weighted by atomic mass is 16.6. The predicted molar refractivity (Wildman–Crippen MR) is 129 cm³/mol. The van der Waals surface area contributed by atoms with Crippen LogP contribution in [0.4, 0.5) is 0 Å². The fourth-order valence-corrected chi connectivity index (χ4v) is 5.31. The Balaban J connectivity index is 1.27. The van der Waals surface area contributed by atoms with Gasteiger partial charge in [0.05, 0.1) is 5.57 Å². The number of likely N-dealkylation sites (tertiary alicyclic amines) is 1. The van der Waals surface area contributed by atoms with Crippen molar-refractivity contribution in [2.45, 2.75) is 45.3 Å². The number of rotatable bonds is 8. The third-order valence-electron chi connectivity index (χ3n) is 7.41. The van der Waals surface area contributed by atoms with E-state index in [4.69, 9.17) is 4.74 Å². The molecule has 0 bridgehead atoms. The second-order valence-electron chi connectivity index (χ2n) is 9.53. The van der Waals surface area contributed by atoms with Gasteiger partial charge in [-0.25, -0.2) is 4.79 Å². The topological polar surface area (TPSA) is 65.1 Å². The summed E-state index contributed by atoms with van der Waals surface area (Å²) in [5.74, 6) is -0.476. The van der Waals surface area contributed by atoms with Crippen LogP contribution in [-0.4, -0.2) is 91.1 Å². The lowest BCUT2D eigenvalue weighted by molar-refractivity contribution is -0.151. The molecule has 1 aromatic rings. The molecule has 7 heteroatoms. The Bertz CT molecular complexity index is 854. The van der Waals surface area contributed by atoms with E-state index < -0.39 is 5.60 Å². The average molecular weight is 455 g/mol. The number of piperidine rings is 1. The van der Waals surface area contributed by atoms with E-state index >= 15 is 0 Å². The molecular formula is C26H38N4O3. The highest BCUT2D eigenvalue weighted by Crippen LogP contribution is 2.41. The Hall–Kier alpha value is -2.22. The van der Waals surface area contributed by atoms with Gasteiger partial charge < -0.3 is 19.9 Å². The first kappa shape index (κ1) is 23.9. The molecule has 33 heavy (non-hydrogen) atoms. The summed E-state index contributed by atoms with van der Waals surface area (Å²) in [7, 11) is 0. The number of likely N-dealkylation sites (N-methyl/N-ethyl adjacent to an activating group) is 1. The van der Waals surface area contributed by atoms with Gasteiger partial charge in [-0.1, -0.05) is 37.3 Å². The van der Waals surface area contributed by atoms with E-state index in [9.17, 15) is 9.59 Å². The molecule has 3 aliphatic heterocycles. The Morgan fingerprint density at radius 3 is 2.33 bits per heavy atom. The van der Waals surface area contributed by atoms with Crippen LogP contribution in [0.3, 0.4) is 0 Å². The molecule has 1 aromatic carbocycles. The number of esters is 1. The molecule has 3 aliphatic rings. The molecule has 180 valence electrons. The lowest BCUT2D eigenvalue weighted by Crippen LogP contribution is -2.49. The normalized spacial score (nSPS) is 22.1. The molecule has 0 aliphatic carbocycles. The second kappa shape index (κ2) is 10.8. The summed E-state index contributed by atoms with van der Waals surface area (Å²) in [6.07, 6.45) is 2.23. The number of carbonyl (C=O) groups excluding carboxylic acids is 2. The van der Waals surface area contributed by atoms with Gasteiger partial charge in [0.2, 0.25) is 0 Å². The van der Waals surface area contributed by atoms with Crippen molar-refractivity contribution in [3.63, 3.8) is 0 Å². The number of nitrogens with zero attached hydrogens (tertiary/aromatic N) is 3. The summed E-state index contributed by atoms with van der Waals surface area (Å²) in [4.78, 5) is 32.9. The minimum Gasteiger partial charge on any atom is -0.450 e. The molecule has 0 radical (unpaired) electrons. The van der Waals surface area contributed by atoms with Gasteiger partial charge in [-0.3, -0.25) is 9.69 Å². The zero-order chi connectivity index (χ0) is 23.3. The fraction of sp³-hybridized carbons (Fsp3) is 0.615. The molecule has 1 spiro atoms. The first-order chi connectivity index (χ1) is 16.0. The van der Waals surface area contributed by atoms with Crippen molar-refractivity contribution in [3.05, 3.63) is 47.0 Å². The lowest BCUT2D eigenvalue weighted by Gasteiger charge is -2.39. The van der Waals surface area contributed by atoms with Crippen molar-refractivity contribution in [3.8, 4) is 0 Å². The van der Waals surface area contributed by atoms with Crippen molar-refractivity contribution in [1.29, 1.82) is 0 Å². The molecule has 2 saturated heterocycles. The minimum atomic E-state index is -0.769. The Morgan fingerprint density at radius 2 is 1.67 bits per heavy atom. The maximum atomic E-state index is 13.1. The number of hydrogen-bond donors (Lipinski definition) is 1. The van der Waals surface area contributed by atoms with Crippen molar-refractivity contribution in [1.82, 2.24) is 20.0 Å². The maximum absolute atomic E-state index is 13.1. The van der Waals surface area contributed by atoms with E-state index in [2.05, 4.69) is 51.2 Å². The molecule has 4 rings (SSSR count). The van der Waals surface area contributed by atoms with E-state index in [0.29, 0.717) is 30.5 Å². The van der Waals surface area contributed by atoms with E-state index in [1.807, 2.05) is 6.07 Å². The summed E-state index contributed by atoms with van der Waals surface area (Å²) in [6.45, 7) is 13.6. The molecular weight excluding hydrogens is 416 g/mol. The summed E-state index contributed by atoms with van der Waals surface area (Å²) in [5, 5.41) is 3.08.